The quantitative estimate of drug-likeness (QED) is 0.665. The zero-order valence-electron chi connectivity index (χ0n) is 11.7. The molecule has 1 atom stereocenters. The fourth-order valence-corrected chi connectivity index (χ4v) is 2.77. The van der Waals surface area contributed by atoms with Crippen molar-refractivity contribution in [3.05, 3.63) is 64.8 Å². The number of H-pyrrole nitrogens is 1. The van der Waals surface area contributed by atoms with Gasteiger partial charge in [-0.2, -0.15) is 0 Å². The van der Waals surface area contributed by atoms with Crippen molar-refractivity contribution < 1.29 is 5.11 Å². The summed E-state index contributed by atoms with van der Waals surface area (Å²) in [7, 11) is 0. The number of aliphatic hydroxyl groups excluding tert-OH is 1. The molecule has 0 aliphatic heterocycles. The van der Waals surface area contributed by atoms with Crippen molar-refractivity contribution in [1.82, 2.24) is 4.98 Å². The molecule has 0 fully saturated rings. The van der Waals surface area contributed by atoms with Gasteiger partial charge in [0.15, 0.2) is 0 Å². The predicted octanol–water partition coefficient (Wildman–Crippen LogP) is 4.49. The number of anilines is 1. The first-order chi connectivity index (χ1) is 10.2. The number of hydrogen-bond acceptors (Lipinski definition) is 2. The normalized spacial score (nSPS) is 12.5. The molecule has 0 amide bonds. The Balaban J connectivity index is 1.85. The number of aromatic amines is 1. The molecule has 3 nitrogen and oxygen atoms in total. The van der Waals surface area contributed by atoms with Gasteiger partial charge >= 0.3 is 0 Å². The lowest BCUT2D eigenvalue weighted by Gasteiger charge is -2.13. The van der Waals surface area contributed by atoms with E-state index in [1.807, 2.05) is 48.5 Å². The van der Waals surface area contributed by atoms with Crippen LogP contribution in [0.1, 0.15) is 24.3 Å². The molecular formula is C17H17ClN2O. The maximum atomic E-state index is 9.80. The lowest BCUT2D eigenvalue weighted by Crippen LogP contribution is -2.04. The van der Waals surface area contributed by atoms with Gasteiger partial charge in [0, 0.05) is 22.2 Å². The summed E-state index contributed by atoms with van der Waals surface area (Å²) in [6.07, 6.45) is -0.508. The van der Waals surface area contributed by atoms with Crippen LogP contribution in [0.25, 0.3) is 10.9 Å². The maximum Gasteiger partial charge on any atom is 0.0781 e. The molecule has 0 saturated carbocycles. The Morgan fingerprint density at radius 3 is 2.62 bits per heavy atom. The molecule has 0 aliphatic carbocycles. The summed E-state index contributed by atoms with van der Waals surface area (Å²) < 4.78 is 0. The van der Waals surface area contributed by atoms with Crippen molar-refractivity contribution in [1.29, 1.82) is 0 Å². The Morgan fingerprint density at radius 2 is 1.86 bits per heavy atom. The molecule has 0 bridgehead atoms. The summed E-state index contributed by atoms with van der Waals surface area (Å²) in [5, 5.41) is 14.9. The second-order valence-corrected chi connectivity index (χ2v) is 5.46. The highest BCUT2D eigenvalue weighted by atomic mass is 35.5. The van der Waals surface area contributed by atoms with Crippen molar-refractivity contribution >= 4 is 28.2 Å². The number of aliphatic hydroxyl groups is 1. The minimum absolute atomic E-state index is 0.508. The van der Waals surface area contributed by atoms with Crippen molar-refractivity contribution in [3.8, 4) is 0 Å². The van der Waals surface area contributed by atoms with Crippen molar-refractivity contribution in [3.63, 3.8) is 0 Å². The molecule has 108 valence electrons. The smallest absolute Gasteiger partial charge is 0.0781 e. The highest BCUT2D eigenvalue weighted by Crippen LogP contribution is 2.28. The van der Waals surface area contributed by atoms with E-state index in [0.29, 0.717) is 6.54 Å². The first kappa shape index (κ1) is 14.0. The first-order valence-electron chi connectivity index (χ1n) is 6.93. The molecule has 2 aromatic carbocycles. The Morgan fingerprint density at radius 1 is 1.14 bits per heavy atom. The molecule has 1 unspecified atom stereocenters. The Hall–Kier alpha value is -1.97. The zero-order chi connectivity index (χ0) is 14.8. The van der Waals surface area contributed by atoms with Gasteiger partial charge in [-0.3, -0.25) is 0 Å². The van der Waals surface area contributed by atoms with E-state index in [1.165, 1.54) is 0 Å². The van der Waals surface area contributed by atoms with Gasteiger partial charge in [-0.15, -0.1) is 0 Å². The van der Waals surface area contributed by atoms with Gasteiger partial charge in [0.25, 0.3) is 0 Å². The molecular weight excluding hydrogens is 284 g/mol. The maximum absolute atomic E-state index is 9.80. The minimum atomic E-state index is -0.508. The summed E-state index contributed by atoms with van der Waals surface area (Å²) >= 11 is 6.41. The second kappa shape index (κ2) is 5.80. The molecule has 0 radical (unpaired) electrons. The third-order valence-corrected chi connectivity index (χ3v) is 4.01. The van der Waals surface area contributed by atoms with Crippen LogP contribution >= 0.6 is 11.6 Å². The van der Waals surface area contributed by atoms with Crippen LogP contribution in [-0.2, 0) is 6.54 Å². The average molecular weight is 301 g/mol. The molecule has 0 saturated heterocycles. The highest BCUT2D eigenvalue weighted by Gasteiger charge is 2.10. The van der Waals surface area contributed by atoms with Crippen LogP contribution in [0, 0.1) is 0 Å². The Labute approximate surface area is 128 Å². The number of hydrogen-bond donors (Lipinski definition) is 3. The van der Waals surface area contributed by atoms with Gasteiger partial charge in [0.1, 0.15) is 0 Å². The number of halogens is 1. The number of fused-ring (bicyclic) bond motifs is 1. The summed E-state index contributed by atoms with van der Waals surface area (Å²) in [4.78, 5) is 3.33. The monoisotopic (exact) mass is 300 g/mol. The molecule has 0 aliphatic rings. The van der Waals surface area contributed by atoms with Crippen LogP contribution < -0.4 is 5.32 Å². The largest absolute Gasteiger partial charge is 0.389 e. The number of aromatic nitrogens is 1. The SMILES string of the molecule is CC(O)c1ccccc1NCc1[nH]c2ccccc2c1Cl. The predicted molar refractivity (Wildman–Crippen MR) is 87.7 cm³/mol. The Bertz CT molecular complexity index is 764. The van der Waals surface area contributed by atoms with Gasteiger partial charge in [-0.25, -0.2) is 0 Å². The van der Waals surface area contributed by atoms with Gasteiger partial charge < -0.3 is 15.4 Å². The number of nitrogens with one attached hydrogen (secondary N) is 2. The van der Waals surface area contributed by atoms with Crippen LogP contribution in [0.5, 0.6) is 0 Å². The number of rotatable bonds is 4. The molecule has 4 heteroatoms. The summed E-state index contributed by atoms with van der Waals surface area (Å²) in [5.74, 6) is 0. The van der Waals surface area contributed by atoms with Crippen LogP contribution in [0.15, 0.2) is 48.5 Å². The lowest BCUT2D eigenvalue weighted by atomic mass is 10.1. The molecule has 3 rings (SSSR count). The molecule has 3 N–H and O–H groups in total. The third-order valence-electron chi connectivity index (χ3n) is 3.58. The number of benzene rings is 2. The Kier molecular flexibility index (Phi) is 3.86. The zero-order valence-corrected chi connectivity index (χ0v) is 12.5. The van der Waals surface area contributed by atoms with Crippen molar-refractivity contribution in [2.24, 2.45) is 0 Å². The molecule has 1 aromatic heterocycles. The molecule has 1 heterocycles. The fraction of sp³-hybridized carbons (Fsp3) is 0.176. The van der Waals surface area contributed by atoms with Crippen molar-refractivity contribution in [2.75, 3.05) is 5.32 Å². The van der Waals surface area contributed by atoms with Gasteiger partial charge in [-0.05, 0) is 19.1 Å². The van der Waals surface area contributed by atoms with E-state index >= 15 is 0 Å². The summed E-state index contributed by atoms with van der Waals surface area (Å²) in [6, 6.07) is 15.7. The third kappa shape index (κ3) is 2.75. The van der Waals surface area contributed by atoms with E-state index in [-0.39, 0.29) is 0 Å². The first-order valence-corrected chi connectivity index (χ1v) is 7.30. The van der Waals surface area contributed by atoms with Crippen LogP contribution in [0.3, 0.4) is 0 Å². The lowest BCUT2D eigenvalue weighted by molar-refractivity contribution is 0.200. The minimum Gasteiger partial charge on any atom is -0.389 e. The van der Waals surface area contributed by atoms with Gasteiger partial charge in [-0.1, -0.05) is 48.0 Å². The molecule has 3 aromatic rings. The van der Waals surface area contributed by atoms with E-state index in [2.05, 4.69) is 10.3 Å². The van der Waals surface area contributed by atoms with E-state index in [9.17, 15) is 5.11 Å². The van der Waals surface area contributed by atoms with Gasteiger partial charge in [0.2, 0.25) is 0 Å². The summed E-state index contributed by atoms with van der Waals surface area (Å²) in [6.45, 7) is 2.34. The van der Waals surface area contributed by atoms with Crippen molar-refractivity contribution in [2.45, 2.75) is 19.6 Å². The fourth-order valence-electron chi connectivity index (χ4n) is 2.49. The molecule has 21 heavy (non-hydrogen) atoms. The number of para-hydroxylation sites is 2. The average Bonchev–Trinajstić information content (AvgIpc) is 2.82. The van der Waals surface area contributed by atoms with Gasteiger partial charge in [0.05, 0.1) is 23.4 Å². The molecule has 0 spiro atoms. The van der Waals surface area contributed by atoms with Crippen LogP contribution in [0.2, 0.25) is 5.02 Å². The van der Waals surface area contributed by atoms with Crippen LogP contribution in [-0.4, -0.2) is 10.1 Å². The van der Waals surface area contributed by atoms with E-state index in [0.717, 1.165) is 32.9 Å². The van der Waals surface area contributed by atoms with E-state index < -0.39 is 6.10 Å². The van der Waals surface area contributed by atoms with E-state index in [1.54, 1.807) is 6.92 Å². The van der Waals surface area contributed by atoms with Crippen LogP contribution in [0.4, 0.5) is 5.69 Å². The summed E-state index contributed by atoms with van der Waals surface area (Å²) in [5.41, 5.74) is 3.77. The van der Waals surface area contributed by atoms with E-state index in [4.69, 9.17) is 11.6 Å². The standard InChI is InChI=1S/C17H17ClN2O/c1-11(21)12-6-2-4-8-14(12)19-10-16-17(18)13-7-3-5-9-15(13)20-16/h2-9,11,19-21H,10H2,1H3. The highest BCUT2D eigenvalue weighted by molar-refractivity contribution is 6.36. The topological polar surface area (TPSA) is 48.0 Å². The second-order valence-electron chi connectivity index (χ2n) is 5.08.